The molecule has 2 rings (SSSR count). The van der Waals surface area contributed by atoms with Crippen molar-refractivity contribution in [2.75, 3.05) is 13.2 Å². The van der Waals surface area contributed by atoms with Crippen molar-refractivity contribution >= 4 is 5.97 Å². The summed E-state index contributed by atoms with van der Waals surface area (Å²) in [7, 11) is 0. The number of carbonyl (C=O) groups excluding carboxylic acids is 1. The molecule has 0 saturated carbocycles. The van der Waals surface area contributed by atoms with Crippen LogP contribution in [0.15, 0.2) is 18.2 Å². The van der Waals surface area contributed by atoms with Gasteiger partial charge >= 0.3 is 5.97 Å². The lowest BCUT2D eigenvalue weighted by Crippen LogP contribution is -2.22. The molecule has 0 aliphatic heterocycles. The van der Waals surface area contributed by atoms with Gasteiger partial charge in [-0.2, -0.15) is 0 Å². The summed E-state index contributed by atoms with van der Waals surface area (Å²) in [4.78, 5) is 11.6. The Morgan fingerprint density at radius 2 is 2.29 bits per heavy atom. The third-order valence-corrected chi connectivity index (χ3v) is 3.38. The Kier molecular flexibility index (Phi) is 3.79. The number of esters is 1. The highest BCUT2D eigenvalue weighted by atomic mass is 16.5. The van der Waals surface area contributed by atoms with Gasteiger partial charge in [-0.25, -0.2) is 4.79 Å². The predicted octanol–water partition coefficient (Wildman–Crippen LogP) is 1.93. The standard InChI is InChI=1S/C14H19NO2/c1-2-17-14(16)13-6-5-11-7-10(9-15)3-4-12(11)8-13/h5-6,8,10H,2-4,7,9,15H2,1H3. The first kappa shape index (κ1) is 12.1. The van der Waals surface area contributed by atoms with Crippen molar-refractivity contribution in [1.29, 1.82) is 0 Å². The van der Waals surface area contributed by atoms with Crippen molar-refractivity contribution in [3.63, 3.8) is 0 Å². The molecule has 1 aliphatic carbocycles. The molecular formula is C14H19NO2. The largest absolute Gasteiger partial charge is 0.462 e. The normalized spacial score (nSPS) is 18.6. The second kappa shape index (κ2) is 5.32. The summed E-state index contributed by atoms with van der Waals surface area (Å²) in [5.74, 6) is 0.368. The molecule has 1 aromatic carbocycles. The SMILES string of the molecule is CCOC(=O)c1ccc2c(c1)CCC(CN)C2. The van der Waals surface area contributed by atoms with Crippen molar-refractivity contribution in [1.82, 2.24) is 0 Å². The minimum absolute atomic E-state index is 0.226. The van der Waals surface area contributed by atoms with Gasteiger partial charge in [-0.3, -0.25) is 0 Å². The van der Waals surface area contributed by atoms with Crippen LogP contribution in [-0.2, 0) is 17.6 Å². The van der Waals surface area contributed by atoms with Gasteiger partial charge in [0, 0.05) is 0 Å². The van der Waals surface area contributed by atoms with Gasteiger partial charge in [-0.1, -0.05) is 6.07 Å². The number of carbonyl (C=O) groups is 1. The molecule has 0 heterocycles. The first-order valence-electron chi connectivity index (χ1n) is 6.23. The fourth-order valence-corrected chi connectivity index (χ4v) is 2.37. The molecular weight excluding hydrogens is 214 g/mol. The first-order valence-corrected chi connectivity index (χ1v) is 6.23. The van der Waals surface area contributed by atoms with Crippen molar-refractivity contribution in [3.05, 3.63) is 34.9 Å². The zero-order valence-electron chi connectivity index (χ0n) is 10.2. The molecule has 2 N–H and O–H groups in total. The molecule has 0 saturated heterocycles. The van der Waals surface area contributed by atoms with Crippen LogP contribution in [0.3, 0.4) is 0 Å². The lowest BCUT2D eigenvalue weighted by atomic mass is 9.83. The Bertz CT molecular complexity index is 415. The highest BCUT2D eigenvalue weighted by Gasteiger charge is 2.18. The number of fused-ring (bicyclic) bond motifs is 1. The van der Waals surface area contributed by atoms with Gasteiger partial charge in [0.05, 0.1) is 12.2 Å². The van der Waals surface area contributed by atoms with Gasteiger partial charge in [0.2, 0.25) is 0 Å². The summed E-state index contributed by atoms with van der Waals surface area (Å²) in [5, 5.41) is 0. The molecule has 1 aliphatic rings. The van der Waals surface area contributed by atoms with Crippen LogP contribution in [0.2, 0.25) is 0 Å². The monoisotopic (exact) mass is 233 g/mol. The molecule has 1 aromatic rings. The molecule has 0 amide bonds. The molecule has 0 radical (unpaired) electrons. The minimum atomic E-state index is -0.226. The van der Waals surface area contributed by atoms with E-state index in [2.05, 4.69) is 0 Å². The van der Waals surface area contributed by atoms with Gasteiger partial charge in [-0.05, 0) is 61.9 Å². The first-order chi connectivity index (χ1) is 8.24. The number of hydrogen-bond donors (Lipinski definition) is 1. The van der Waals surface area contributed by atoms with Crippen LogP contribution in [0.25, 0.3) is 0 Å². The summed E-state index contributed by atoms with van der Waals surface area (Å²) in [6, 6.07) is 5.87. The zero-order chi connectivity index (χ0) is 12.3. The van der Waals surface area contributed by atoms with Gasteiger partial charge < -0.3 is 10.5 Å². The third kappa shape index (κ3) is 2.67. The Labute approximate surface area is 102 Å². The second-order valence-electron chi connectivity index (χ2n) is 4.55. The molecule has 3 nitrogen and oxygen atoms in total. The van der Waals surface area contributed by atoms with Crippen molar-refractivity contribution < 1.29 is 9.53 Å². The maximum Gasteiger partial charge on any atom is 0.338 e. The maximum atomic E-state index is 11.6. The molecule has 0 spiro atoms. The molecule has 0 fully saturated rings. The Morgan fingerprint density at radius 3 is 3.00 bits per heavy atom. The molecule has 0 bridgehead atoms. The van der Waals surface area contributed by atoms with Crippen LogP contribution in [0, 0.1) is 5.92 Å². The van der Waals surface area contributed by atoms with Crippen LogP contribution in [0.5, 0.6) is 0 Å². The molecule has 0 aromatic heterocycles. The molecule has 3 heteroatoms. The highest BCUT2D eigenvalue weighted by Crippen LogP contribution is 2.26. The summed E-state index contributed by atoms with van der Waals surface area (Å²) in [6.45, 7) is 2.99. The van der Waals surface area contributed by atoms with E-state index in [-0.39, 0.29) is 5.97 Å². The summed E-state index contributed by atoms with van der Waals surface area (Å²) in [5.41, 5.74) is 8.98. The molecule has 17 heavy (non-hydrogen) atoms. The Hall–Kier alpha value is -1.35. The maximum absolute atomic E-state index is 11.6. The Morgan fingerprint density at radius 1 is 1.47 bits per heavy atom. The highest BCUT2D eigenvalue weighted by molar-refractivity contribution is 5.89. The van der Waals surface area contributed by atoms with Gasteiger partial charge in [0.25, 0.3) is 0 Å². The van der Waals surface area contributed by atoms with Gasteiger partial charge in [0.1, 0.15) is 0 Å². The summed E-state index contributed by atoms with van der Waals surface area (Å²) in [6.07, 6.45) is 3.18. The fourth-order valence-electron chi connectivity index (χ4n) is 2.37. The van der Waals surface area contributed by atoms with E-state index in [0.29, 0.717) is 18.1 Å². The van der Waals surface area contributed by atoms with Crippen molar-refractivity contribution in [3.8, 4) is 0 Å². The third-order valence-electron chi connectivity index (χ3n) is 3.38. The van der Waals surface area contributed by atoms with E-state index in [9.17, 15) is 4.79 Å². The average molecular weight is 233 g/mol. The smallest absolute Gasteiger partial charge is 0.338 e. The van der Waals surface area contributed by atoms with E-state index in [1.54, 1.807) is 0 Å². The van der Waals surface area contributed by atoms with Crippen molar-refractivity contribution in [2.24, 2.45) is 11.7 Å². The number of benzene rings is 1. The number of rotatable bonds is 3. The summed E-state index contributed by atoms with van der Waals surface area (Å²) < 4.78 is 5.00. The second-order valence-corrected chi connectivity index (χ2v) is 4.55. The summed E-state index contributed by atoms with van der Waals surface area (Å²) >= 11 is 0. The zero-order valence-corrected chi connectivity index (χ0v) is 10.2. The van der Waals surface area contributed by atoms with E-state index in [1.807, 2.05) is 25.1 Å². The van der Waals surface area contributed by atoms with E-state index >= 15 is 0 Å². The van der Waals surface area contributed by atoms with E-state index in [0.717, 1.165) is 25.8 Å². The van der Waals surface area contributed by atoms with Crippen LogP contribution < -0.4 is 5.73 Å². The quantitative estimate of drug-likeness (QED) is 0.812. The van der Waals surface area contributed by atoms with Crippen LogP contribution in [0.1, 0.15) is 34.8 Å². The fraction of sp³-hybridized carbons (Fsp3) is 0.500. The molecule has 1 unspecified atom stereocenters. The topological polar surface area (TPSA) is 52.3 Å². The number of ether oxygens (including phenoxy) is 1. The number of nitrogens with two attached hydrogens (primary N) is 1. The Balaban J connectivity index is 2.18. The van der Waals surface area contributed by atoms with E-state index in [4.69, 9.17) is 10.5 Å². The number of hydrogen-bond acceptors (Lipinski definition) is 3. The van der Waals surface area contributed by atoms with Crippen LogP contribution >= 0.6 is 0 Å². The lowest BCUT2D eigenvalue weighted by Gasteiger charge is -2.23. The minimum Gasteiger partial charge on any atom is -0.462 e. The lowest BCUT2D eigenvalue weighted by molar-refractivity contribution is 0.0526. The molecule has 92 valence electrons. The van der Waals surface area contributed by atoms with Crippen molar-refractivity contribution in [2.45, 2.75) is 26.2 Å². The van der Waals surface area contributed by atoms with E-state index < -0.39 is 0 Å². The predicted molar refractivity (Wildman–Crippen MR) is 67.0 cm³/mol. The molecule has 1 atom stereocenters. The van der Waals surface area contributed by atoms with Crippen LogP contribution in [-0.4, -0.2) is 19.1 Å². The van der Waals surface area contributed by atoms with Crippen LogP contribution in [0.4, 0.5) is 0 Å². The number of aryl methyl sites for hydroxylation is 1. The van der Waals surface area contributed by atoms with Gasteiger partial charge in [-0.15, -0.1) is 0 Å². The average Bonchev–Trinajstić information content (AvgIpc) is 2.37. The van der Waals surface area contributed by atoms with E-state index in [1.165, 1.54) is 11.1 Å². The van der Waals surface area contributed by atoms with Gasteiger partial charge in [0.15, 0.2) is 0 Å².